The number of hydrogen-bond acceptors (Lipinski definition) is 4. The van der Waals surface area contributed by atoms with E-state index < -0.39 is 0 Å². The number of nitrogens with zero attached hydrogens (tertiary/aromatic N) is 2. The molecule has 1 atom stereocenters. The van der Waals surface area contributed by atoms with Gasteiger partial charge in [-0.1, -0.05) is 24.3 Å². The summed E-state index contributed by atoms with van der Waals surface area (Å²) in [5.74, 6) is 0. The van der Waals surface area contributed by atoms with E-state index in [0.29, 0.717) is 6.17 Å². The minimum Gasteiger partial charge on any atom is -0.298 e. The van der Waals surface area contributed by atoms with Gasteiger partial charge in [-0.3, -0.25) is 10.2 Å². The molecule has 0 amide bonds. The quantitative estimate of drug-likeness (QED) is 0.935. The lowest BCUT2D eigenvalue weighted by Gasteiger charge is -2.20. The molecule has 2 aromatic rings. The largest absolute Gasteiger partial charge is 0.298 e. The second-order valence-electron chi connectivity index (χ2n) is 5.48. The third kappa shape index (κ3) is 2.92. The fourth-order valence-electron chi connectivity index (χ4n) is 2.76. The Morgan fingerprint density at radius 2 is 2.15 bits per heavy atom. The standard InChI is InChI=1S/C16H21N3S/c1-12-16(20-11-18-12)14-7-5-13(6-8-14)10-17-15-4-3-9-19(15)2/h5-8,11,15,17H,3-4,9-10H2,1-2H3. The van der Waals surface area contributed by atoms with E-state index in [-0.39, 0.29) is 0 Å². The summed E-state index contributed by atoms with van der Waals surface area (Å²) in [5, 5.41) is 3.63. The fourth-order valence-corrected chi connectivity index (χ4v) is 3.57. The van der Waals surface area contributed by atoms with E-state index in [2.05, 4.69) is 53.4 Å². The first kappa shape index (κ1) is 13.7. The lowest BCUT2D eigenvalue weighted by atomic mass is 10.1. The van der Waals surface area contributed by atoms with E-state index in [9.17, 15) is 0 Å². The summed E-state index contributed by atoms with van der Waals surface area (Å²) < 4.78 is 0. The summed E-state index contributed by atoms with van der Waals surface area (Å²) in [7, 11) is 2.19. The smallest absolute Gasteiger partial charge is 0.0801 e. The number of thiazole rings is 1. The highest BCUT2D eigenvalue weighted by molar-refractivity contribution is 7.13. The molecule has 106 valence electrons. The minimum atomic E-state index is 0.540. The van der Waals surface area contributed by atoms with Crippen LogP contribution in [-0.2, 0) is 6.54 Å². The van der Waals surface area contributed by atoms with Crippen LogP contribution >= 0.6 is 11.3 Å². The molecule has 1 N–H and O–H groups in total. The number of nitrogens with one attached hydrogen (secondary N) is 1. The van der Waals surface area contributed by atoms with Gasteiger partial charge in [0.15, 0.2) is 0 Å². The zero-order valence-corrected chi connectivity index (χ0v) is 12.9. The molecule has 0 aliphatic carbocycles. The highest BCUT2D eigenvalue weighted by Gasteiger charge is 2.19. The van der Waals surface area contributed by atoms with Crippen molar-refractivity contribution < 1.29 is 0 Å². The summed E-state index contributed by atoms with van der Waals surface area (Å²) in [6.45, 7) is 4.22. The predicted molar refractivity (Wildman–Crippen MR) is 84.8 cm³/mol. The van der Waals surface area contributed by atoms with Crippen LogP contribution in [0.15, 0.2) is 29.8 Å². The van der Waals surface area contributed by atoms with E-state index in [1.54, 1.807) is 11.3 Å². The van der Waals surface area contributed by atoms with Gasteiger partial charge >= 0.3 is 0 Å². The van der Waals surface area contributed by atoms with Gasteiger partial charge < -0.3 is 0 Å². The normalized spacial score (nSPS) is 19.6. The zero-order valence-electron chi connectivity index (χ0n) is 12.1. The Morgan fingerprint density at radius 1 is 1.35 bits per heavy atom. The van der Waals surface area contributed by atoms with Gasteiger partial charge in [0, 0.05) is 6.54 Å². The zero-order chi connectivity index (χ0) is 13.9. The van der Waals surface area contributed by atoms with Crippen molar-refractivity contribution in [2.24, 2.45) is 0 Å². The van der Waals surface area contributed by atoms with Gasteiger partial charge in [-0.05, 0) is 44.5 Å². The third-order valence-electron chi connectivity index (χ3n) is 4.02. The number of likely N-dealkylation sites (tertiary alicyclic amines) is 1. The Balaban J connectivity index is 1.63. The number of aromatic nitrogens is 1. The van der Waals surface area contributed by atoms with E-state index in [4.69, 9.17) is 0 Å². The predicted octanol–water partition coefficient (Wildman–Crippen LogP) is 3.26. The average molecular weight is 287 g/mol. The van der Waals surface area contributed by atoms with Gasteiger partial charge in [0.2, 0.25) is 0 Å². The molecule has 0 bridgehead atoms. The number of benzene rings is 1. The second kappa shape index (κ2) is 6.04. The molecule has 2 heterocycles. The highest BCUT2D eigenvalue weighted by Crippen LogP contribution is 2.27. The van der Waals surface area contributed by atoms with Crippen molar-refractivity contribution in [3.63, 3.8) is 0 Å². The van der Waals surface area contributed by atoms with Gasteiger partial charge in [-0.2, -0.15) is 0 Å². The summed E-state index contributed by atoms with van der Waals surface area (Å²) in [4.78, 5) is 7.99. The van der Waals surface area contributed by atoms with E-state index in [0.717, 1.165) is 12.2 Å². The maximum absolute atomic E-state index is 4.31. The first-order chi connectivity index (χ1) is 9.74. The molecule has 1 aliphatic heterocycles. The molecule has 1 unspecified atom stereocenters. The van der Waals surface area contributed by atoms with Crippen LogP contribution in [0.25, 0.3) is 10.4 Å². The van der Waals surface area contributed by atoms with Crippen LogP contribution in [0, 0.1) is 6.92 Å². The Labute approximate surface area is 124 Å². The molecular formula is C16H21N3S. The van der Waals surface area contributed by atoms with Crippen molar-refractivity contribution in [3.05, 3.63) is 41.0 Å². The molecule has 3 rings (SSSR count). The van der Waals surface area contributed by atoms with E-state index in [1.165, 1.54) is 35.4 Å². The van der Waals surface area contributed by atoms with E-state index >= 15 is 0 Å². The van der Waals surface area contributed by atoms with Crippen LogP contribution in [-0.4, -0.2) is 29.6 Å². The number of rotatable bonds is 4. The summed E-state index contributed by atoms with van der Waals surface area (Å²) >= 11 is 1.71. The van der Waals surface area contributed by atoms with Crippen LogP contribution < -0.4 is 5.32 Å². The molecule has 1 aromatic carbocycles. The average Bonchev–Trinajstić information content (AvgIpc) is 3.06. The van der Waals surface area contributed by atoms with Crippen molar-refractivity contribution in [2.75, 3.05) is 13.6 Å². The van der Waals surface area contributed by atoms with Crippen LogP contribution in [0.3, 0.4) is 0 Å². The second-order valence-corrected chi connectivity index (χ2v) is 6.34. The lowest BCUT2D eigenvalue weighted by Crippen LogP contribution is -2.38. The third-order valence-corrected chi connectivity index (χ3v) is 5.00. The molecule has 0 spiro atoms. The SMILES string of the molecule is Cc1ncsc1-c1ccc(CNC2CCCN2C)cc1. The molecule has 0 radical (unpaired) electrons. The Bertz CT molecular complexity index is 561. The number of aryl methyl sites for hydroxylation is 1. The molecular weight excluding hydrogens is 266 g/mol. The van der Waals surface area contributed by atoms with Crippen molar-refractivity contribution >= 4 is 11.3 Å². The molecule has 1 aliphatic rings. The van der Waals surface area contributed by atoms with E-state index in [1.807, 2.05) is 5.51 Å². The maximum Gasteiger partial charge on any atom is 0.0801 e. The van der Waals surface area contributed by atoms with Gasteiger partial charge in [-0.15, -0.1) is 11.3 Å². The van der Waals surface area contributed by atoms with Gasteiger partial charge in [0.05, 0.1) is 22.2 Å². The van der Waals surface area contributed by atoms with Crippen LogP contribution in [0.2, 0.25) is 0 Å². The van der Waals surface area contributed by atoms with Crippen molar-refractivity contribution in [1.82, 2.24) is 15.2 Å². The van der Waals surface area contributed by atoms with Crippen molar-refractivity contribution in [3.8, 4) is 10.4 Å². The van der Waals surface area contributed by atoms with Gasteiger partial charge in [0.25, 0.3) is 0 Å². The molecule has 0 saturated carbocycles. The first-order valence-electron chi connectivity index (χ1n) is 7.17. The maximum atomic E-state index is 4.31. The lowest BCUT2D eigenvalue weighted by molar-refractivity contribution is 0.263. The van der Waals surface area contributed by atoms with Gasteiger partial charge in [-0.25, -0.2) is 4.98 Å². The van der Waals surface area contributed by atoms with Crippen LogP contribution in [0.4, 0.5) is 0 Å². The monoisotopic (exact) mass is 287 g/mol. The summed E-state index contributed by atoms with van der Waals surface area (Å²) in [6.07, 6.45) is 3.10. The fraction of sp³-hybridized carbons (Fsp3) is 0.438. The Kier molecular flexibility index (Phi) is 4.15. The number of hydrogen-bond donors (Lipinski definition) is 1. The van der Waals surface area contributed by atoms with Crippen LogP contribution in [0.5, 0.6) is 0 Å². The first-order valence-corrected chi connectivity index (χ1v) is 8.05. The molecule has 1 aromatic heterocycles. The molecule has 3 nitrogen and oxygen atoms in total. The highest BCUT2D eigenvalue weighted by atomic mass is 32.1. The molecule has 20 heavy (non-hydrogen) atoms. The van der Waals surface area contributed by atoms with Crippen molar-refractivity contribution in [2.45, 2.75) is 32.5 Å². The van der Waals surface area contributed by atoms with Crippen LogP contribution in [0.1, 0.15) is 24.1 Å². The summed E-state index contributed by atoms with van der Waals surface area (Å²) in [5.41, 5.74) is 5.65. The Morgan fingerprint density at radius 3 is 2.75 bits per heavy atom. The van der Waals surface area contributed by atoms with Gasteiger partial charge in [0.1, 0.15) is 0 Å². The Hall–Kier alpha value is -1.23. The minimum absolute atomic E-state index is 0.540. The molecule has 4 heteroatoms. The topological polar surface area (TPSA) is 28.2 Å². The van der Waals surface area contributed by atoms with Crippen molar-refractivity contribution in [1.29, 1.82) is 0 Å². The molecule has 1 fully saturated rings. The summed E-state index contributed by atoms with van der Waals surface area (Å²) in [6, 6.07) is 8.85. The molecule has 1 saturated heterocycles.